The average Bonchev–Trinajstić information content (AvgIpc) is 2.70. The third kappa shape index (κ3) is 5.40. The van der Waals surface area contributed by atoms with Crippen molar-refractivity contribution < 1.29 is 19.2 Å². The molecule has 0 bridgehead atoms. The van der Waals surface area contributed by atoms with E-state index in [4.69, 9.17) is 0 Å². The molecule has 0 saturated carbocycles. The monoisotopic (exact) mass is 369 g/mol. The van der Waals surface area contributed by atoms with Crippen molar-refractivity contribution in [2.75, 3.05) is 19.5 Å². The minimum absolute atomic E-state index is 0.107. The zero-order valence-electron chi connectivity index (χ0n) is 14.9. The van der Waals surface area contributed by atoms with Crippen LogP contribution in [0.1, 0.15) is 21.5 Å². The summed E-state index contributed by atoms with van der Waals surface area (Å²) in [6.45, 7) is 0.353. The van der Waals surface area contributed by atoms with Gasteiger partial charge in [0.2, 0.25) is 0 Å². The zero-order valence-corrected chi connectivity index (χ0v) is 14.9. The van der Waals surface area contributed by atoms with E-state index in [-0.39, 0.29) is 11.6 Å². The second kappa shape index (κ2) is 9.14. The van der Waals surface area contributed by atoms with Gasteiger partial charge in [-0.2, -0.15) is 0 Å². The lowest BCUT2D eigenvalue weighted by molar-refractivity contribution is -0.384. The summed E-state index contributed by atoms with van der Waals surface area (Å²) in [5, 5.41) is 16.9. The number of methoxy groups -OCH3 is 1. The van der Waals surface area contributed by atoms with E-state index in [2.05, 4.69) is 15.4 Å². The fourth-order valence-corrected chi connectivity index (χ4v) is 2.30. The number of anilines is 1. The lowest BCUT2D eigenvalue weighted by Crippen LogP contribution is -2.17. The number of carbonyl (C=O) groups is 2. The fraction of sp³-hybridized carbons (Fsp3) is 0.158. The Balaban J connectivity index is 2.13. The smallest absolute Gasteiger partial charge is 0.330 e. The highest BCUT2D eigenvalue weighted by Gasteiger charge is 2.14. The van der Waals surface area contributed by atoms with E-state index in [9.17, 15) is 19.7 Å². The molecule has 2 N–H and O–H groups in total. The molecule has 0 aliphatic rings. The maximum Gasteiger partial charge on any atom is 0.330 e. The minimum Gasteiger partial charge on any atom is -0.466 e. The van der Waals surface area contributed by atoms with Crippen LogP contribution in [0.5, 0.6) is 0 Å². The van der Waals surface area contributed by atoms with Crippen molar-refractivity contribution in [3.63, 3.8) is 0 Å². The summed E-state index contributed by atoms with van der Waals surface area (Å²) in [5.74, 6) is -0.721. The third-order valence-electron chi connectivity index (χ3n) is 3.76. The molecule has 0 spiro atoms. The number of amides is 1. The molecule has 2 rings (SSSR count). The number of esters is 1. The predicted molar refractivity (Wildman–Crippen MR) is 101 cm³/mol. The van der Waals surface area contributed by atoms with Gasteiger partial charge in [0, 0.05) is 31.3 Å². The van der Waals surface area contributed by atoms with Crippen molar-refractivity contribution in [1.82, 2.24) is 5.32 Å². The van der Waals surface area contributed by atoms with Gasteiger partial charge < -0.3 is 15.4 Å². The summed E-state index contributed by atoms with van der Waals surface area (Å²) in [6.07, 6.45) is 2.64. The van der Waals surface area contributed by atoms with Crippen molar-refractivity contribution in [2.45, 2.75) is 6.54 Å². The molecule has 140 valence electrons. The van der Waals surface area contributed by atoms with Crippen LogP contribution in [-0.4, -0.2) is 31.0 Å². The van der Waals surface area contributed by atoms with Crippen molar-refractivity contribution in [3.05, 3.63) is 75.3 Å². The number of ether oxygens (including phenoxy) is 1. The van der Waals surface area contributed by atoms with Crippen molar-refractivity contribution >= 4 is 29.3 Å². The maximum absolute atomic E-state index is 11.5. The summed E-state index contributed by atoms with van der Waals surface area (Å²) in [5.41, 5.74) is 2.16. The minimum atomic E-state index is -0.542. The summed E-state index contributed by atoms with van der Waals surface area (Å²) < 4.78 is 4.49. The van der Waals surface area contributed by atoms with E-state index in [1.165, 1.54) is 25.3 Å². The van der Waals surface area contributed by atoms with Crippen LogP contribution in [0.15, 0.2) is 48.5 Å². The van der Waals surface area contributed by atoms with Crippen molar-refractivity contribution in [3.8, 4) is 0 Å². The Morgan fingerprint density at radius 2 is 1.89 bits per heavy atom. The zero-order chi connectivity index (χ0) is 19.8. The second-order valence-corrected chi connectivity index (χ2v) is 5.52. The van der Waals surface area contributed by atoms with E-state index in [0.29, 0.717) is 23.4 Å². The third-order valence-corrected chi connectivity index (χ3v) is 3.76. The molecule has 0 saturated heterocycles. The number of carbonyl (C=O) groups excluding carboxylic acids is 2. The van der Waals surface area contributed by atoms with Gasteiger partial charge in [-0.25, -0.2) is 4.79 Å². The first kappa shape index (κ1) is 19.6. The molecule has 2 aromatic rings. The highest BCUT2D eigenvalue weighted by Crippen LogP contribution is 2.26. The van der Waals surface area contributed by atoms with Crippen LogP contribution in [-0.2, 0) is 16.1 Å². The van der Waals surface area contributed by atoms with E-state index >= 15 is 0 Å². The molecule has 0 aromatic heterocycles. The summed E-state index contributed by atoms with van der Waals surface area (Å²) in [6, 6.07) is 11.5. The predicted octanol–water partition coefficient (Wildman–Crippen LogP) is 2.75. The normalized spacial score (nSPS) is 10.4. The van der Waals surface area contributed by atoms with E-state index in [0.717, 1.165) is 5.56 Å². The number of hydrogen-bond acceptors (Lipinski definition) is 6. The first-order valence-corrected chi connectivity index (χ1v) is 8.04. The van der Waals surface area contributed by atoms with Gasteiger partial charge in [0.1, 0.15) is 5.69 Å². The Morgan fingerprint density at radius 1 is 1.19 bits per heavy atom. The van der Waals surface area contributed by atoms with Gasteiger partial charge in [0.05, 0.1) is 12.0 Å². The molecule has 8 nitrogen and oxygen atoms in total. The molecule has 0 unspecified atom stereocenters. The van der Waals surface area contributed by atoms with Gasteiger partial charge in [-0.1, -0.05) is 18.2 Å². The summed E-state index contributed by atoms with van der Waals surface area (Å²) in [7, 11) is 2.81. The fourth-order valence-electron chi connectivity index (χ4n) is 2.30. The van der Waals surface area contributed by atoms with Gasteiger partial charge in [-0.05, 0) is 35.4 Å². The molecule has 2 aromatic carbocycles. The van der Waals surface area contributed by atoms with Crippen LogP contribution in [0.3, 0.4) is 0 Å². The van der Waals surface area contributed by atoms with Crippen LogP contribution in [0.25, 0.3) is 6.08 Å². The number of benzene rings is 2. The first-order chi connectivity index (χ1) is 12.9. The van der Waals surface area contributed by atoms with Gasteiger partial charge in [-0.15, -0.1) is 0 Å². The molecule has 0 aliphatic carbocycles. The Labute approximate surface area is 156 Å². The molecule has 1 amide bonds. The van der Waals surface area contributed by atoms with Crippen molar-refractivity contribution in [1.29, 1.82) is 0 Å². The second-order valence-electron chi connectivity index (χ2n) is 5.52. The summed E-state index contributed by atoms with van der Waals surface area (Å²) in [4.78, 5) is 33.5. The van der Waals surface area contributed by atoms with Crippen LogP contribution in [0.4, 0.5) is 11.4 Å². The van der Waals surface area contributed by atoms with E-state index in [1.807, 2.05) is 0 Å². The Bertz CT molecular complexity index is 875. The first-order valence-electron chi connectivity index (χ1n) is 8.04. The molecule has 0 fully saturated rings. The highest BCUT2D eigenvalue weighted by molar-refractivity contribution is 5.94. The number of hydrogen-bond donors (Lipinski definition) is 2. The van der Waals surface area contributed by atoms with Crippen LogP contribution in [0, 0.1) is 10.1 Å². The Morgan fingerprint density at radius 3 is 2.48 bits per heavy atom. The van der Waals surface area contributed by atoms with Crippen LogP contribution < -0.4 is 10.6 Å². The lowest BCUT2D eigenvalue weighted by Gasteiger charge is -2.09. The molecule has 0 heterocycles. The quantitative estimate of drug-likeness (QED) is 0.336. The molecular weight excluding hydrogens is 350 g/mol. The topological polar surface area (TPSA) is 111 Å². The van der Waals surface area contributed by atoms with Gasteiger partial charge in [-0.3, -0.25) is 14.9 Å². The van der Waals surface area contributed by atoms with Crippen LogP contribution >= 0.6 is 0 Å². The summed E-state index contributed by atoms with van der Waals surface area (Å²) >= 11 is 0. The van der Waals surface area contributed by atoms with Gasteiger partial charge in [0.25, 0.3) is 11.6 Å². The van der Waals surface area contributed by atoms with E-state index in [1.54, 1.807) is 43.4 Å². The number of nitro benzene ring substituents is 1. The average molecular weight is 369 g/mol. The highest BCUT2D eigenvalue weighted by atomic mass is 16.6. The maximum atomic E-state index is 11.5. The number of nitro groups is 1. The van der Waals surface area contributed by atoms with Gasteiger partial charge in [0.15, 0.2) is 0 Å². The molecule has 0 atom stereocenters. The molecule has 27 heavy (non-hydrogen) atoms. The molecule has 0 radical (unpaired) electrons. The van der Waals surface area contributed by atoms with Crippen LogP contribution in [0.2, 0.25) is 0 Å². The Kier molecular flexibility index (Phi) is 6.65. The number of nitrogens with one attached hydrogen (secondary N) is 2. The Hall–Kier alpha value is -3.68. The lowest BCUT2D eigenvalue weighted by atomic mass is 10.1. The molecular formula is C19H19N3O5. The standard InChI is InChI=1S/C19H19N3O5/c1-20-19(24)15-7-3-14(4-8-15)12-21-16-9-5-13(6-10-18(23)27-2)11-17(16)22(25)26/h3-11,21H,12H2,1-2H3,(H,20,24)/b10-6+. The van der Waals surface area contributed by atoms with E-state index < -0.39 is 10.9 Å². The number of rotatable bonds is 7. The largest absolute Gasteiger partial charge is 0.466 e. The van der Waals surface area contributed by atoms with Gasteiger partial charge >= 0.3 is 5.97 Å². The van der Waals surface area contributed by atoms with Crippen molar-refractivity contribution in [2.24, 2.45) is 0 Å². The number of nitrogens with zero attached hydrogens (tertiary/aromatic N) is 1. The SMILES string of the molecule is CNC(=O)c1ccc(CNc2ccc(/C=C/C(=O)OC)cc2[N+](=O)[O-])cc1. The molecule has 0 aliphatic heterocycles. The molecule has 8 heteroatoms.